The van der Waals surface area contributed by atoms with Gasteiger partial charge in [0.15, 0.2) is 0 Å². The van der Waals surface area contributed by atoms with Crippen molar-refractivity contribution in [2.75, 3.05) is 23.1 Å². The summed E-state index contributed by atoms with van der Waals surface area (Å²) in [6, 6.07) is 5.62. The van der Waals surface area contributed by atoms with Gasteiger partial charge in [-0.1, -0.05) is 0 Å². The lowest BCUT2D eigenvalue weighted by molar-refractivity contribution is -0.385. The van der Waals surface area contributed by atoms with E-state index in [-0.39, 0.29) is 5.91 Å². The van der Waals surface area contributed by atoms with Crippen LogP contribution in [0.25, 0.3) is 0 Å². The minimum Gasteiger partial charge on any atom is -0.495 e. The van der Waals surface area contributed by atoms with Crippen molar-refractivity contribution in [3.8, 4) is 5.75 Å². The number of carbonyl (C=O) groups is 2. The molecule has 2 aromatic carbocycles. The van der Waals surface area contributed by atoms with Crippen molar-refractivity contribution in [2.24, 2.45) is 0 Å². The Morgan fingerprint density at radius 2 is 1.77 bits per heavy atom. The standard InChI is InChI=1S/C19H19F3N4O5/c1-10(23-16-8-12(24-11(2)27)4-7-17(16)31-3)18(28)25-15-6-5-13(26(29)30)9-14(15)19(20,21)22/h4-10,23H,1-3H3,(H,24,27)(H,25,28)/t10-/m0/s1. The zero-order chi connectivity index (χ0) is 23.3. The minimum absolute atomic E-state index is 0.316. The number of nitro groups is 1. The summed E-state index contributed by atoms with van der Waals surface area (Å²) in [4.78, 5) is 33.5. The fourth-order valence-corrected chi connectivity index (χ4v) is 2.63. The number of nitrogens with zero attached hydrogens (tertiary/aromatic N) is 1. The van der Waals surface area contributed by atoms with Gasteiger partial charge in [-0.15, -0.1) is 0 Å². The zero-order valence-electron chi connectivity index (χ0n) is 16.7. The Balaban J connectivity index is 2.25. The number of non-ortho nitro benzene ring substituents is 1. The van der Waals surface area contributed by atoms with Gasteiger partial charge in [-0.05, 0) is 31.2 Å². The number of amides is 2. The maximum Gasteiger partial charge on any atom is 0.418 e. The van der Waals surface area contributed by atoms with Gasteiger partial charge >= 0.3 is 6.18 Å². The average Bonchev–Trinajstić information content (AvgIpc) is 2.67. The van der Waals surface area contributed by atoms with Crippen LogP contribution in [0.2, 0.25) is 0 Å². The van der Waals surface area contributed by atoms with Crippen LogP contribution in [0.15, 0.2) is 36.4 Å². The zero-order valence-corrected chi connectivity index (χ0v) is 16.7. The van der Waals surface area contributed by atoms with E-state index < -0.39 is 40.0 Å². The number of nitro benzene ring substituents is 1. The third kappa shape index (κ3) is 6.07. The summed E-state index contributed by atoms with van der Waals surface area (Å²) < 4.78 is 45.1. The number of rotatable bonds is 7. The van der Waals surface area contributed by atoms with Gasteiger partial charge in [-0.25, -0.2) is 0 Å². The van der Waals surface area contributed by atoms with E-state index in [0.29, 0.717) is 23.2 Å². The summed E-state index contributed by atoms with van der Waals surface area (Å²) in [5.74, 6) is -0.814. The Labute approximate surface area is 174 Å². The molecule has 0 aromatic heterocycles. The molecule has 2 aromatic rings. The molecule has 2 amide bonds. The number of ether oxygens (including phenoxy) is 1. The second kappa shape index (κ2) is 9.32. The van der Waals surface area contributed by atoms with Crippen LogP contribution in [0, 0.1) is 10.1 Å². The largest absolute Gasteiger partial charge is 0.495 e. The predicted octanol–water partition coefficient (Wildman–Crippen LogP) is 4.02. The Bertz CT molecular complexity index is 1010. The van der Waals surface area contributed by atoms with Crippen LogP contribution >= 0.6 is 0 Å². The Hall–Kier alpha value is -3.83. The van der Waals surface area contributed by atoms with Gasteiger partial charge < -0.3 is 20.7 Å². The molecule has 0 saturated heterocycles. The summed E-state index contributed by atoms with van der Waals surface area (Å²) >= 11 is 0. The number of methoxy groups -OCH3 is 1. The first-order valence-electron chi connectivity index (χ1n) is 8.81. The molecule has 0 aliphatic carbocycles. The molecule has 0 unspecified atom stereocenters. The second-order valence-corrected chi connectivity index (χ2v) is 6.44. The summed E-state index contributed by atoms with van der Waals surface area (Å²) in [5, 5.41) is 18.3. The molecule has 0 aliphatic heterocycles. The first kappa shape index (κ1) is 23.4. The van der Waals surface area contributed by atoms with Gasteiger partial charge in [0.2, 0.25) is 11.8 Å². The second-order valence-electron chi connectivity index (χ2n) is 6.44. The van der Waals surface area contributed by atoms with Crippen molar-refractivity contribution in [3.05, 3.63) is 52.1 Å². The van der Waals surface area contributed by atoms with Crippen molar-refractivity contribution in [1.82, 2.24) is 0 Å². The van der Waals surface area contributed by atoms with Gasteiger partial charge in [-0.3, -0.25) is 19.7 Å². The van der Waals surface area contributed by atoms with E-state index >= 15 is 0 Å². The molecule has 0 aliphatic rings. The van der Waals surface area contributed by atoms with Crippen molar-refractivity contribution in [2.45, 2.75) is 26.1 Å². The highest BCUT2D eigenvalue weighted by Crippen LogP contribution is 2.37. The molecule has 0 heterocycles. The SMILES string of the molecule is COc1ccc(NC(C)=O)cc1N[C@@H](C)C(=O)Nc1ccc([N+](=O)[O-])cc1C(F)(F)F. The van der Waals surface area contributed by atoms with E-state index in [9.17, 15) is 32.9 Å². The van der Waals surface area contributed by atoms with E-state index in [1.54, 1.807) is 6.07 Å². The van der Waals surface area contributed by atoms with Crippen LogP contribution < -0.4 is 20.7 Å². The molecular formula is C19H19F3N4O5. The molecule has 3 N–H and O–H groups in total. The number of alkyl halides is 3. The molecule has 12 heteroatoms. The number of halogens is 3. The fourth-order valence-electron chi connectivity index (χ4n) is 2.63. The third-order valence-corrected chi connectivity index (χ3v) is 4.06. The number of carbonyl (C=O) groups excluding carboxylic acids is 2. The maximum atomic E-state index is 13.3. The lowest BCUT2D eigenvalue weighted by Gasteiger charge is -2.19. The number of anilines is 3. The summed E-state index contributed by atoms with van der Waals surface area (Å²) in [7, 11) is 1.38. The number of hydrogen-bond acceptors (Lipinski definition) is 6. The lowest BCUT2D eigenvalue weighted by atomic mass is 10.1. The molecule has 0 fully saturated rings. The molecule has 2 rings (SSSR count). The molecular weight excluding hydrogens is 421 g/mol. The molecule has 31 heavy (non-hydrogen) atoms. The Morgan fingerprint density at radius 3 is 2.32 bits per heavy atom. The van der Waals surface area contributed by atoms with Crippen molar-refractivity contribution < 1.29 is 32.4 Å². The van der Waals surface area contributed by atoms with Gasteiger partial charge in [-0.2, -0.15) is 13.2 Å². The number of hydrogen-bond donors (Lipinski definition) is 3. The smallest absolute Gasteiger partial charge is 0.418 e. The van der Waals surface area contributed by atoms with Crippen molar-refractivity contribution >= 4 is 34.6 Å². The van der Waals surface area contributed by atoms with E-state index in [1.165, 1.54) is 33.1 Å². The van der Waals surface area contributed by atoms with Crippen LogP contribution in [0.1, 0.15) is 19.4 Å². The minimum atomic E-state index is -4.92. The van der Waals surface area contributed by atoms with Crippen LogP contribution in [-0.2, 0) is 15.8 Å². The third-order valence-electron chi connectivity index (χ3n) is 4.06. The van der Waals surface area contributed by atoms with Crippen molar-refractivity contribution in [1.29, 1.82) is 0 Å². The van der Waals surface area contributed by atoms with Gasteiger partial charge in [0.1, 0.15) is 11.8 Å². The molecule has 0 saturated carbocycles. The highest BCUT2D eigenvalue weighted by molar-refractivity contribution is 5.97. The van der Waals surface area contributed by atoms with Gasteiger partial charge in [0.25, 0.3) is 5.69 Å². The first-order chi connectivity index (χ1) is 14.4. The summed E-state index contributed by atoms with van der Waals surface area (Å²) in [5.41, 5.74) is -1.98. The monoisotopic (exact) mass is 440 g/mol. The topological polar surface area (TPSA) is 123 Å². The highest BCUT2D eigenvalue weighted by Gasteiger charge is 2.36. The fraction of sp³-hybridized carbons (Fsp3) is 0.263. The number of nitrogens with one attached hydrogen (secondary N) is 3. The molecule has 1 atom stereocenters. The Morgan fingerprint density at radius 1 is 1.10 bits per heavy atom. The Kier molecular flexibility index (Phi) is 7.05. The molecule has 9 nitrogen and oxygen atoms in total. The average molecular weight is 440 g/mol. The quantitative estimate of drug-likeness (QED) is 0.442. The summed E-state index contributed by atoms with van der Waals surface area (Å²) in [6.45, 7) is 2.72. The van der Waals surface area contributed by atoms with E-state index in [1.807, 2.05) is 0 Å². The van der Waals surface area contributed by atoms with Crippen LogP contribution in [0.5, 0.6) is 5.75 Å². The summed E-state index contributed by atoms with van der Waals surface area (Å²) in [6.07, 6.45) is -4.92. The maximum absolute atomic E-state index is 13.3. The van der Waals surface area contributed by atoms with Crippen LogP contribution in [0.3, 0.4) is 0 Å². The first-order valence-corrected chi connectivity index (χ1v) is 8.81. The van der Waals surface area contributed by atoms with Crippen molar-refractivity contribution in [3.63, 3.8) is 0 Å². The molecule has 0 bridgehead atoms. The van der Waals surface area contributed by atoms with Crippen LogP contribution in [0.4, 0.5) is 35.9 Å². The predicted molar refractivity (Wildman–Crippen MR) is 107 cm³/mol. The normalized spacial score (nSPS) is 11.9. The number of benzene rings is 2. The van der Waals surface area contributed by atoms with E-state index in [4.69, 9.17) is 4.74 Å². The molecule has 0 radical (unpaired) electrons. The van der Waals surface area contributed by atoms with Gasteiger partial charge in [0, 0.05) is 24.7 Å². The van der Waals surface area contributed by atoms with Crippen LogP contribution in [-0.4, -0.2) is 29.9 Å². The van der Waals surface area contributed by atoms with E-state index in [2.05, 4.69) is 16.0 Å². The van der Waals surface area contributed by atoms with Gasteiger partial charge in [0.05, 0.1) is 29.0 Å². The highest BCUT2D eigenvalue weighted by atomic mass is 19.4. The molecule has 0 spiro atoms. The lowest BCUT2D eigenvalue weighted by Crippen LogP contribution is -2.32. The van der Waals surface area contributed by atoms with E-state index in [0.717, 1.165) is 12.1 Å². The molecule has 166 valence electrons.